The predicted molar refractivity (Wildman–Crippen MR) is 108 cm³/mol. The van der Waals surface area contributed by atoms with Gasteiger partial charge in [-0.05, 0) is 82.2 Å². The van der Waals surface area contributed by atoms with Gasteiger partial charge in [0.15, 0.2) is 0 Å². The number of carbonyl (C=O) groups is 1. The summed E-state index contributed by atoms with van der Waals surface area (Å²) < 4.78 is 11.1. The van der Waals surface area contributed by atoms with Gasteiger partial charge in [-0.3, -0.25) is 4.79 Å². The molecule has 2 aliphatic carbocycles. The van der Waals surface area contributed by atoms with Crippen molar-refractivity contribution in [1.29, 1.82) is 0 Å². The number of benzene rings is 1. The maximum absolute atomic E-state index is 11.9. The molecule has 3 atom stereocenters. The number of halogens is 1. The van der Waals surface area contributed by atoms with E-state index >= 15 is 0 Å². The molecule has 2 bridgehead atoms. The van der Waals surface area contributed by atoms with Gasteiger partial charge in [0.05, 0.1) is 5.41 Å². The van der Waals surface area contributed by atoms with E-state index in [0.29, 0.717) is 11.5 Å². The van der Waals surface area contributed by atoms with E-state index in [1.165, 1.54) is 43.2 Å². The summed E-state index contributed by atoms with van der Waals surface area (Å²) in [4.78, 5) is 11.9. The predicted octanol–water partition coefficient (Wildman–Crippen LogP) is 4.38. The fraction of sp³-hybridized carbons (Fsp3) is 0.682. The summed E-state index contributed by atoms with van der Waals surface area (Å²) in [5.74, 6) is 1.34. The van der Waals surface area contributed by atoms with Crippen molar-refractivity contribution in [2.75, 3.05) is 13.3 Å². The monoisotopic (exact) mass is 393 g/mol. The number of ether oxygens (including phenoxy) is 2. The summed E-state index contributed by atoms with van der Waals surface area (Å²) in [7, 11) is 0. The number of hydrogen-bond acceptors (Lipinski definition) is 4. The van der Waals surface area contributed by atoms with E-state index in [9.17, 15) is 4.79 Å². The number of piperidine rings is 1. The first kappa shape index (κ1) is 20.5. The number of esters is 1. The summed E-state index contributed by atoms with van der Waals surface area (Å²) in [6.45, 7) is 6.66. The van der Waals surface area contributed by atoms with Crippen LogP contribution in [0, 0.1) is 11.3 Å². The van der Waals surface area contributed by atoms with Crippen molar-refractivity contribution in [3.05, 3.63) is 29.3 Å². The molecule has 1 saturated carbocycles. The van der Waals surface area contributed by atoms with Gasteiger partial charge in [0.25, 0.3) is 0 Å². The molecule has 0 amide bonds. The minimum atomic E-state index is -0.502. The van der Waals surface area contributed by atoms with E-state index in [1.807, 2.05) is 26.8 Å². The third-order valence-electron chi connectivity index (χ3n) is 6.65. The number of hydrogen-bond donors (Lipinski definition) is 1. The molecule has 4 rings (SSSR count). The average Bonchev–Trinajstić information content (AvgIpc) is 2.61. The Morgan fingerprint density at radius 1 is 1.26 bits per heavy atom. The molecule has 4 nitrogen and oxygen atoms in total. The zero-order valence-corrected chi connectivity index (χ0v) is 17.5. The SMILES string of the molecule is CC(C)(C)C(=O)OCOc1ccc2c(c1)[C@@]13CCCC[C@@H]1[C@H](C2)NCC3.Cl. The van der Waals surface area contributed by atoms with E-state index in [1.54, 1.807) is 0 Å². The molecule has 1 aromatic rings. The highest BCUT2D eigenvalue weighted by Crippen LogP contribution is 2.54. The Morgan fingerprint density at radius 3 is 2.85 bits per heavy atom. The summed E-state index contributed by atoms with van der Waals surface area (Å²) in [5, 5.41) is 3.77. The fourth-order valence-corrected chi connectivity index (χ4v) is 5.36. The van der Waals surface area contributed by atoms with Gasteiger partial charge in [0, 0.05) is 11.5 Å². The van der Waals surface area contributed by atoms with Crippen LogP contribution >= 0.6 is 12.4 Å². The summed E-state index contributed by atoms with van der Waals surface area (Å²) in [6.07, 6.45) is 7.68. The van der Waals surface area contributed by atoms with E-state index in [4.69, 9.17) is 9.47 Å². The number of rotatable bonds is 3. The molecular formula is C22H32ClNO3. The van der Waals surface area contributed by atoms with E-state index in [0.717, 1.165) is 24.6 Å². The largest absolute Gasteiger partial charge is 0.457 e. The van der Waals surface area contributed by atoms with Crippen molar-refractivity contribution < 1.29 is 14.3 Å². The Labute approximate surface area is 168 Å². The standard InChI is InChI=1S/C22H31NO3.ClH/c1-21(2,3)20(24)26-14-25-16-8-7-15-12-19-17-6-4-5-9-22(17,10-11-23-19)18(15)13-16;/h7-8,13,17,19,23H,4-6,9-12,14H2,1-3H3;1H/t17-,19+,22-;/m1./s1. The molecule has 5 heteroatoms. The maximum atomic E-state index is 11.9. The van der Waals surface area contributed by atoms with Crippen LogP contribution in [0.5, 0.6) is 5.75 Å². The van der Waals surface area contributed by atoms with Crippen LogP contribution in [0.15, 0.2) is 18.2 Å². The third-order valence-corrected chi connectivity index (χ3v) is 6.65. The average molecular weight is 394 g/mol. The van der Waals surface area contributed by atoms with Crippen molar-refractivity contribution >= 4 is 18.4 Å². The van der Waals surface area contributed by atoms with Crippen LogP contribution in [0.25, 0.3) is 0 Å². The van der Waals surface area contributed by atoms with Gasteiger partial charge in [-0.2, -0.15) is 0 Å². The quantitative estimate of drug-likeness (QED) is 0.611. The molecule has 1 aromatic carbocycles. The molecule has 0 spiro atoms. The lowest BCUT2D eigenvalue weighted by molar-refractivity contribution is -0.159. The molecule has 0 unspecified atom stereocenters. The lowest BCUT2D eigenvalue weighted by Gasteiger charge is -2.56. The molecule has 0 radical (unpaired) electrons. The normalized spacial score (nSPS) is 29.0. The highest BCUT2D eigenvalue weighted by molar-refractivity contribution is 5.85. The Hall–Kier alpha value is -1.26. The molecule has 1 N–H and O–H groups in total. The summed E-state index contributed by atoms with van der Waals surface area (Å²) in [5.41, 5.74) is 2.79. The van der Waals surface area contributed by atoms with Crippen LogP contribution in [0.3, 0.4) is 0 Å². The van der Waals surface area contributed by atoms with E-state index in [-0.39, 0.29) is 25.2 Å². The second-order valence-corrected chi connectivity index (χ2v) is 9.29. The molecule has 150 valence electrons. The topological polar surface area (TPSA) is 47.6 Å². The van der Waals surface area contributed by atoms with Crippen molar-refractivity contribution in [1.82, 2.24) is 5.32 Å². The molecule has 1 heterocycles. The molecule has 27 heavy (non-hydrogen) atoms. The van der Waals surface area contributed by atoms with E-state index in [2.05, 4.69) is 17.4 Å². The minimum Gasteiger partial charge on any atom is -0.457 e. The van der Waals surface area contributed by atoms with Crippen LogP contribution in [0.2, 0.25) is 0 Å². The number of nitrogens with one attached hydrogen (secondary N) is 1. The van der Waals surface area contributed by atoms with Crippen molar-refractivity contribution in [3.63, 3.8) is 0 Å². The molecular weight excluding hydrogens is 362 g/mol. The Morgan fingerprint density at radius 2 is 2.07 bits per heavy atom. The van der Waals surface area contributed by atoms with Crippen molar-refractivity contribution in [2.45, 2.75) is 70.8 Å². The Bertz CT molecular complexity index is 695. The number of fused-ring (bicyclic) bond motifs is 1. The third kappa shape index (κ3) is 3.71. The van der Waals surface area contributed by atoms with Crippen LogP contribution in [0.4, 0.5) is 0 Å². The number of carbonyl (C=O) groups excluding carboxylic acids is 1. The van der Waals surface area contributed by atoms with Gasteiger partial charge in [-0.1, -0.05) is 18.9 Å². The van der Waals surface area contributed by atoms with Gasteiger partial charge in [-0.15, -0.1) is 12.4 Å². The van der Waals surface area contributed by atoms with Gasteiger partial charge in [-0.25, -0.2) is 0 Å². The highest BCUT2D eigenvalue weighted by Gasteiger charge is 2.51. The smallest absolute Gasteiger partial charge is 0.314 e. The minimum absolute atomic E-state index is 0. The van der Waals surface area contributed by atoms with E-state index < -0.39 is 5.41 Å². The molecule has 0 aromatic heterocycles. The van der Waals surface area contributed by atoms with Crippen LogP contribution in [-0.4, -0.2) is 25.3 Å². The lowest BCUT2D eigenvalue weighted by Crippen LogP contribution is -2.59. The highest BCUT2D eigenvalue weighted by atomic mass is 35.5. The van der Waals surface area contributed by atoms with Gasteiger partial charge in [0.1, 0.15) is 5.75 Å². The molecule has 2 fully saturated rings. The molecule has 1 saturated heterocycles. The summed E-state index contributed by atoms with van der Waals surface area (Å²) >= 11 is 0. The Kier molecular flexibility index (Phi) is 5.79. The lowest BCUT2D eigenvalue weighted by atomic mass is 9.53. The second kappa shape index (κ2) is 7.63. The van der Waals surface area contributed by atoms with Gasteiger partial charge >= 0.3 is 5.97 Å². The second-order valence-electron chi connectivity index (χ2n) is 9.29. The maximum Gasteiger partial charge on any atom is 0.314 e. The van der Waals surface area contributed by atoms with Crippen LogP contribution in [-0.2, 0) is 21.4 Å². The first-order valence-electron chi connectivity index (χ1n) is 10.1. The molecule has 3 aliphatic rings. The van der Waals surface area contributed by atoms with Crippen molar-refractivity contribution in [3.8, 4) is 5.75 Å². The first-order valence-corrected chi connectivity index (χ1v) is 10.1. The van der Waals surface area contributed by atoms with Crippen LogP contribution in [0.1, 0.15) is 64.0 Å². The molecule has 1 aliphatic heterocycles. The summed E-state index contributed by atoms with van der Waals surface area (Å²) in [6, 6.07) is 7.12. The zero-order chi connectivity index (χ0) is 18.4. The van der Waals surface area contributed by atoms with Crippen molar-refractivity contribution in [2.24, 2.45) is 11.3 Å². The van der Waals surface area contributed by atoms with Gasteiger partial charge in [0.2, 0.25) is 6.79 Å². The first-order chi connectivity index (χ1) is 12.4. The Balaban J connectivity index is 0.00000210. The van der Waals surface area contributed by atoms with Gasteiger partial charge < -0.3 is 14.8 Å². The van der Waals surface area contributed by atoms with Crippen LogP contribution < -0.4 is 10.1 Å². The zero-order valence-electron chi connectivity index (χ0n) is 16.7. The fourth-order valence-electron chi connectivity index (χ4n) is 5.36.